The molecule has 1 saturated heterocycles. The second-order valence-corrected chi connectivity index (χ2v) is 9.77. The summed E-state index contributed by atoms with van der Waals surface area (Å²) >= 11 is 6.25. The van der Waals surface area contributed by atoms with E-state index in [0.717, 1.165) is 0 Å². The quantitative estimate of drug-likeness (QED) is 0.720. The van der Waals surface area contributed by atoms with Crippen LogP contribution in [-0.4, -0.2) is 68.8 Å². The number of carbonyl (C=O) groups excluding carboxylic acids is 2. The number of halogens is 1. The van der Waals surface area contributed by atoms with E-state index in [1.165, 1.54) is 16.4 Å². The Balaban J connectivity index is 1.49. The van der Waals surface area contributed by atoms with Crippen LogP contribution < -0.4 is 14.8 Å². The monoisotopic (exact) mass is 479 g/mol. The Labute approximate surface area is 190 Å². The molecule has 0 saturated carbocycles. The average Bonchev–Trinajstić information content (AvgIpc) is 2.79. The Morgan fingerprint density at radius 1 is 1.16 bits per heavy atom. The van der Waals surface area contributed by atoms with E-state index in [4.69, 9.17) is 21.1 Å². The molecule has 2 aliphatic heterocycles. The first-order valence-corrected chi connectivity index (χ1v) is 11.8. The molecule has 32 heavy (non-hydrogen) atoms. The van der Waals surface area contributed by atoms with Crippen LogP contribution in [0.1, 0.15) is 17.3 Å². The third kappa shape index (κ3) is 4.13. The summed E-state index contributed by atoms with van der Waals surface area (Å²) in [7, 11) is -2.38. The van der Waals surface area contributed by atoms with Crippen LogP contribution in [0.5, 0.6) is 11.5 Å². The van der Waals surface area contributed by atoms with Crippen molar-refractivity contribution in [3.63, 3.8) is 0 Å². The molecule has 0 unspecified atom stereocenters. The second-order valence-electron chi connectivity index (χ2n) is 7.45. The highest BCUT2D eigenvalue weighted by Gasteiger charge is 2.34. The van der Waals surface area contributed by atoms with E-state index >= 15 is 0 Å². The predicted molar refractivity (Wildman–Crippen MR) is 118 cm³/mol. The molecule has 0 radical (unpaired) electrons. The summed E-state index contributed by atoms with van der Waals surface area (Å²) in [6.45, 7) is 2.32. The molecule has 0 bridgehead atoms. The topological polar surface area (TPSA) is 105 Å². The van der Waals surface area contributed by atoms with Crippen LogP contribution >= 0.6 is 11.6 Å². The summed E-state index contributed by atoms with van der Waals surface area (Å²) < 4.78 is 38.4. The number of methoxy groups -OCH3 is 1. The SMILES string of the molecule is COc1ccc(C(=O)N2CCN(S(=O)(=O)c3cc4c(cc3Cl)NC(=O)[C@H](C)O4)CC2)cc1. The molecule has 9 nitrogen and oxygen atoms in total. The number of fused-ring (bicyclic) bond motifs is 1. The number of amides is 2. The van der Waals surface area contributed by atoms with Gasteiger partial charge in [0.2, 0.25) is 10.0 Å². The fourth-order valence-electron chi connectivity index (χ4n) is 3.59. The normalized spacial score (nSPS) is 19.0. The number of rotatable bonds is 4. The standard InChI is InChI=1S/C21H22ClN3O6S/c1-13-20(26)23-17-11-16(22)19(12-18(17)31-13)32(28,29)25-9-7-24(8-10-25)21(27)14-3-5-15(30-2)6-4-14/h3-6,11-13H,7-10H2,1-2H3,(H,23,26)/t13-/m0/s1. The van der Waals surface area contributed by atoms with Crippen molar-refractivity contribution >= 4 is 39.1 Å². The zero-order valence-corrected chi connectivity index (χ0v) is 19.1. The first kappa shape index (κ1) is 22.4. The highest BCUT2D eigenvalue weighted by molar-refractivity contribution is 7.89. The number of nitrogens with one attached hydrogen (secondary N) is 1. The molecule has 2 aliphatic rings. The van der Waals surface area contributed by atoms with Gasteiger partial charge < -0.3 is 19.7 Å². The average molecular weight is 480 g/mol. The lowest BCUT2D eigenvalue weighted by Crippen LogP contribution is -2.50. The van der Waals surface area contributed by atoms with Gasteiger partial charge >= 0.3 is 0 Å². The molecule has 170 valence electrons. The first-order valence-electron chi connectivity index (χ1n) is 9.95. The number of anilines is 1. The Morgan fingerprint density at radius 3 is 2.44 bits per heavy atom. The number of hydrogen-bond acceptors (Lipinski definition) is 6. The number of nitrogens with zero attached hydrogens (tertiary/aromatic N) is 2. The van der Waals surface area contributed by atoms with Gasteiger partial charge in [0.1, 0.15) is 16.4 Å². The van der Waals surface area contributed by atoms with Gasteiger partial charge in [-0.2, -0.15) is 4.31 Å². The van der Waals surface area contributed by atoms with Crippen LogP contribution in [0.25, 0.3) is 0 Å². The van der Waals surface area contributed by atoms with E-state index in [0.29, 0.717) is 17.0 Å². The minimum Gasteiger partial charge on any atom is -0.497 e. The molecule has 1 fully saturated rings. The largest absolute Gasteiger partial charge is 0.497 e. The van der Waals surface area contributed by atoms with Crippen molar-refractivity contribution in [1.29, 1.82) is 0 Å². The number of piperazine rings is 1. The molecule has 0 spiro atoms. The molecule has 1 N–H and O–H groups in total. The zero-order chi connectivity index (χ0) is 23.0. The van der Waals surface area contributed by atoms with Crippen molar-refractivity contribution < 1.29 is 27.5 Å². The number of benzene rings is 2. The van der Waals surface area contributed by atoms with Gasteiger partial charge in [-0.15, -0.1) is 0 Å². The lowest BCUT2D eigenvalue weighted by atomic mass is 10.2. The maximum atomic E-state index is 13.2. The van der Waals surface area contributed by atoms with Crippen molar-refractivity contribution in [2.24, 2.45) is 0 Å². The molecular weight excluding hydrogens is 458 g/mol. The van der Waals surface area contributed by atoms with Crippen molar-refractivity contribution in [3.05, 3.63) is 47.0 Å². The van der Waals surface area contributed by atoms with E-state index in [9.17, 15) is 18.0 Å². The fourth-order valence-corrected chi connectivity index (χ4v) is 5.53. The van der Waals surface area contributed by atoms with E-state index < -0.39 is 16.1 Å². The molecule has 2 aromatic rings. The first-order chi connectivity index (χ1) is 15.2. The van der Waals surface area contributed by atoms with Crippen molar-refractivity contribution in [3.8, 4) is 11.5 Å². The van der Waals surface area contributed by atoms with Crippen LogP contribution in [0.3, 0.4) is 0 Å². The van der Waals surface area contributed by atoms with Crippen LogP contribution in [0.2, 0.25) is 5.02 Å². The van der Waals surface area contributed by atoms with Crippen molar-refractivity contribution in [2.75, 3.05) is 38.6 Å². The molecule has 11 heteroatoms. The van der Waals surface area contributed by atoms with Gasteiger partial charge in [-0.25, -0.2) is 8.42 Å². The van der Waals surface area contributed by atoms with Gasteiger partial charge in [0.05, 0.1) is 17.8 Å². The molecule has 2 aromatic carbocycles. The van der Waals surface area contributed by atoms with Crippen LogP contribution in [0.4, 0.5) is 5.69 Å². The van der Waals surface area contributed by atoms with Gasteiger partial charge in [-0.05, 0) is 37.3 Å². The Kier molecular flexibility index (Phi) is 6.02. The molecule has 2 amide bonds. The highest BCUT2D eigenvalue weighted by Crippen LogP contribution is 2.38. The molecule has 2 heterocycles. The smallest absolute Gasteiger partial charge is 0.265 e. The summed E-state index contributed by atoms with van der Waals surface area (Å²) in [5, 5.41) is 2.63. The maximum absolute atomic E-state index is 13.2. The molecule has 0 aromatic heterocycles. The fraction of sp³-hybridized carbons (Fsp3) is 0.333. The molecule has 1 atom stereocenters. The number of hydrogen-bond donors (Lipinski definition) is 1. The van der Waals surface area contributed by atoms with Crippen LogP contribution in [0.15, 0.2) is 41.3 Å². The minimum absolute atomic E-state index is 0.0149. The third-order valence-corrected chi connectivity index (χ3v) is 7.81. The van der Waals surface area contributed by atoms with E-state index in [2.05, 4.69) is 5.32 Å². The summed E-state index contributed by atoms with van der Waals surface area (Å²) in [4.78, 5) is 26.0. The van der Waals surface area contributed by atoms with Gasteiger partial charge in [-0.1, -0.05) is 11.6 Å². The summed E-state index contributed by atoms with van der Waals surface area (Å²) in [5.74, 6) is 0.391. The lowest BCUT2D eigenvalue weighted by Gasteiger charge is -2.34. The van der Waals surface area contributed by atoms with Crippen LogP contribution in [0, 0.1) is 0 Å². The lowest BCUT2D eigenvalue weighted by molar-refractivity contribution is -0.122. The number of carbonyl (C=O) groups is 2. The van der Waals surface area contributed by atoms with Gasteiger partial charge in [0.15, 0.2) is 6.10 Å². The Morgan fingerprint density at radius 2 is 1.81 bits per heavy atom. The Bertz CT molecular complexity index is 1160. The predicted octanol–water partition coefficient (Wildman–Crippen LogP) is 2.21. The van der Waals surface area contributed by atoms with E-state index in [-0.39, 0.29) is 53.7 Å². The van der Waals surface area contributed by atoms with Gasteiger partial charge in [-0.3, -0.25) is 9.59 Å². The van der Waals surface area contributed by atoms with Gasteiger partial charge in [0, 0.05) is 37.8 Å². The van der Waals surface area contributed by atoms with E-state index in [1.807, 2.05) is 0 Å². The number of sulfonamides is 1. The van der Waals surface area contributed by atoms with E-state index in [1.54, 1.807) is 43.2 Å². The molecule has 0 aliphatic carbocycles. The highest BCUT2D eigenvalue weighted by atomic mass is 35.5. The van der Waals surface area contributed by atoms with Crippen molar-refractivity contribution in [1.82, 2.24) is 9.21 Å². The Hall–Kier alpha value is -2.82. The molecular formula is C21H22ClN3O6S. The number of ether oxygens (including phenoxy) is 2. The summed E-state index contributed by atoms with van der Waals surface area (Å²) in [5.41, 5.74) is 0.833. The molecule has 4 rings (SSSR count). The summed E-state index contributed by atoms with van der Waals surface area (Å²) in [6.07, 6.45) is -0.744. The summed E-state index contributed by atoms with van der Waals surface area (Å²) in [6, 6.07) is 9.47. The second kappa shape index (κ2) is 8.61. The third-order valence-electron chi connectivity index (χ3n) is 5.45. The van der Waals surface area contributed by atoms with Crippen LogP contribution in [-0.2, 0) is 14.8 Å². The van der Waals surface area contributed by atoms with Gasteiger partial charge in [0.25, 0.3) is 11.8 Å². The van der Waals surface area contributed by atoms with Crippen molar-refractivity contribution in [2.45, 2.75) is 17.9 Å². The maximum Gasteiger partial charge on any atom is 0.265 e. The zero-order valence-electron chi connectivity index (χ0n) is 17.5. The minimum atomic E-state index is -3.93.